The van der Waals surface area contributed by atoms with Crippen molar-refractivity contribution in [2.75, 3.05) is 23.3 Å². The van der Waals surface area contributed by atoms with Gasteiger partial charge in [0.1, 0.15) is 17.5 Å². The first-order chi connectivity index (χ1) is 14.2. The van der Waals surface area contributed by atoms with Gasteiger partial charge in [-0.3, -0.25) is 0 Å². The maximum absolute atomic E-state index is 9.09. The molecule has 2 heterocycles. The highest BCUT2D eigenvalue weighted by Gasteiger charge is 2.21. The van der Waals surface area contributed by atoms with Gasteiger partial charge in [-0.05, 0) is 55.9 Å². The Balaban J connectivity index is 1.42. The van der Waals surface area contributed by atoms with Crippen molar-refractivity contribution in [2.45, 2.75) is 26.2 Å². The Hall–Kier alpha value is -3.39. The van der Waals surface area contributed by atoms with E-state index in [2.05, 4.69) is 56.6 Å². The molecule has 1 aromatic heterocycles. The second kappa shape index (κ2) is 8.74. The number of nitrogens with one attached hydrogen (secondary N) is 1. The molecule has 0 radical (unpaired) electrons. The summed E-state index contributed by atoms with van der Waals surface area (Å²) in [5, 5.41) is 12.4. The van der Waals surface area contributed by atoms with Crippen molar-refractivity contribution in [3.05, 3.63) is 77.6 Å². The van der Waals surface area contributed by atoms with Crippen LogP contribution in [0, 0.1) is 24.2 Å². The lowest BCUT2D eigenvalue weighted by molar-refractivity contribution is 0.402. The molecule has 0 amide bonds. The van der Waals surface area contributed by atoms with Crippen molar-refractivity contribution in [1.82, 2.24) is 9.97 Å². The second-order valence-electron chi connectivity index (χ2n) is 7.60. The van der Waals surface area contributed by atoms with Crippen LogP contribution >= 0.6 is 0 Å². The van der Waals surface area contributed by atoms with E-state index in [9.17, 15) is 0 Å². The largest absolute Gasteiger partial charge is 0.356 e. The predicted octanol–water partition coefficient (Wildman–Crippen LogP) is 4.86. The first kappa shape index (κ1) is 18.9. The number of hydrogen-bond donors (Lipinski definition) is 1. The Labute approximate surface area is 172 Å². The standard InChI is InChI=1S/C24H25N5/c1-18-26-23(28-22-9-5-8-21(15-22)17-25)16-24(27-18)29-12-10-20(11-13-29)14-19-6-3-2-4-7-19/h2-9,15-16,20H,10-14H2,1H3,(H,26,27,28). The van der Waals surface area contributed by atoms with E-state index in [0.717, 1.165) is 48.6 Å². The van der Waals surface area contributed by atoms with Crippen molar-refractivity contribution in [2.24, 2.45) is 5.92 Å². The van der Waals surface area contributed by atoms with Gasteiger partial charge < -0.3 is 10.2 Å². The van der Waals surface area contributed by atoms with Crippen LogP contribution in [-0.4, -0.2) is 23.1 Å². The van der Waals surface area contributed by atoms with E-state index in [4.69, 9.17) is 5.26 Å². The molecule has 1 aliphatic rings. The van der Waals surface area contributed by atoms with E-state index >= 15 is 0 Å². The SMILES string of the molecule is Cc1nc(Nc2cccc(C#N)c2)cc(N2CCC(Cc3ccccc3)CC2)n1. The number of aryl methyl sites for hydroxylation is 1. The van der Waals surface area contributed by atoms with Crippen LogP contribution in [0.2, 0.25) is 0 Å². The van der Waals surface area contributed by atoms with Crippen LogP contribution in [0.1, 0.15) is 29.8 Å². The van der Waals surface area contributed by atoms with Gasteiger partial charge in [-0.25, -0.2) is 9.97 Å². The van der Waals surface area contributed by atoms with Crippen LogP contribution in [0.4, 0.5) is 17.3 Å². The molecule has 0 aliphatic carbocycles. The van der Waals surface area contributed by atoms with E-state index < -0.39 is 0 Å². The number of rotatable bonds is 5. The fourth-order valence-corrected chi connectivity index (χ4v) is 3.91. The first-order valence-corrected chi connectivity index (χ1v) is 10.1. The summed E-state index contributed by atoms with van der Waals surface area (Å²) in [6.07, 6.45) is 3.50. The summed E-state index contributed by atoms with van der Waals surface area (Å²) in [6, 6.07) is 22.4. The topological polar surface area (TPSA) is 64.8 Å². The Kier molecular flexibility index (Phi) is 5.71. The number of anilines is 3. The van der Waals surface area contributed by atoms with E-state index in [1.54, 1.807) is 6.07 Å². The Morgan fingerprint density at radius 2 is 1.83 bits per heavy atom. The van der Waals surface area contributed by atoms with E-state index in [1.807, 2.05) is 31.2 Å². The van der Waals surface area contributed by atoms with Crippen molar-refractivity contribution in [3.8, 4) is 6.07 Å². The van der Waals surface area contributed by atoms with Crippen LogP contribution < -0.4 is 10.2 Å². The molecule has 1 N–H and O–H groups in total. The van der Waals surface area contributed by atoms with Gasteiger partial charge >= 0.3 is 0 Å². The smallest absolute Gasteiger partial charge is 0.136 e. The number of aromatic nitrogens is 2. The van der Waals surface area contributed by atoms with Gasteiger partial charge in [-0.1, -0.05) is 36.4 Å². The highest BCUT2D eigenvalue weighted by atomic mass is 15.2. The summed E-state index contributed by atoms with van der Waals surface area (Å²) in [6.45, 7) is 3.94. The molecule has 5 nitrogen and oxygen atoms in total. The van der Waals surface area contributed by atoms with Crippen LogP contribution in [0.3, 0.4) is 0 Å². The lowest BCUT2D eigenvalue weighted by Crippen LogP contribution is -2.35. The first-order valence-electron chi connectivity index (χ1n) is 10.1. The molecule has 0 unspecified atom stereocenters. The average Bonchev–Trinajstić information content (AvgIpc) is 2.75. The Bertz CT molecular complexity index is 1000. The molecule has 0 bridgehead atoms. The molecule has 29 heavy (non-hydrogen) atoms. The molecular weight excluding hydrogens is 358 g/mol. The highest BCUT2D eigenvalue weighted by molar-refractivity contribution is 5.61. The van der Waals surface area contributed by atoms with Gasteiger partial charge in [-0.2, -0.15) is 5.26 Å². The van der Waals surface area contributed by atoms with Gasteiger partial charge in [0.15, 0.2) is 0 Å². The van der Waals surface area contributed by atoms with E-state index in [1.165, 1.54) is 18.4 Å². The van der Waals surface area contributed by atoms with Crippen LogP contribution in [0.5, 0.6) is 0 Å². The second-order valence-corrected chi connectivity index (χ2v) is 7.60. The van der Waals surface area contributed by atoms with Crippen molar-refractivity contribution in [1.29, 1.82) is 5.26 Å². The third-order valence-corrected chi connectivity index (χ3v) is 5.39. The van der Waals surface area contributed by atoms with Gasteiger partial charge in [0.05, 0.1) is 11.6 Å². The van der Waals surface area contributed by atoms with Crippen molar-refractivity contribution >= 4 is 17.3 Å². The van der Waals surface area contributed by atoms with Crippen LogP contribution in [0.25, 0.3) is 0 Å². The lowest BCUT2D eigenvalue weighted by atomic mass is 9.90. The molecule has 1 saturated heterocycles. The van der Waals surface area contributed by atoms with E-state index in [0.29, 0.717) is 5.56 Å². The summed E-state index contributed by atoms with van der Waals surface area (Å²) < 4.78 is 0. The van der Waals surface area contributed by atoms with Crippen LogP contribution in [-0.2, 0) is 6.42 Å². The highest BCUT2D eigenvalue weighted by Crippen LogP contribution is 2.27. The lowest BCUT2D eigenvalue weighted by Gasteiger charge is -2.33. The zero-order valence-electron chi connectivity index (χ0n) is 16.7. The predicted molar refractivity (Wildman–Crippen MR) is 116 cm³/mol. The number of hydrogen-bond acceptors (Lipinski definition) is 5. The molecule has 1 fully saturated rings. The molecule has 146 valence electrons. The molecule has 1 aliphatic heterocycles. The van der Waals surface area contributed by atoms with Gasteiger partial charge in [0.2, 0.25) is 0 Å². The normalized spacial score (nSPS) is 14.4. The maximum Gasteiger partial charge on any atom is 0.136 e. The third-order valence-electron chi connectivity index (χ3n) is 5.39. The molecular formula is C24H25N5. The summed E-state index contributed by atoms with van der Waals surface area (Å²) in [5.41, 5.74) is 2.91. The summed E-state index contributed by atoms with van der Waals surface area (Å²) in [4.78, 5) is 11.5. The number of piperidine rings is 1. The molecule has 5 heteroatoms. The third kappa shape index (κ3) is 4.91. The Morgan fingerprint density at radius 1 is 1.03 bits per heavy atom. The number of benzene rings is 2. The monoisotopic (exact) mass is 383 g/mol. The molecule has 4 rings (SSSR count). The molecule has 2 aromatic carbocycles. The molecule has 0 saturated carbocycles. The van der Waals surface area contributed by atoms with Crippen molar-refractivity contribution in [3.63, 3.8) is 0 Å². The zero-order chi connectivity index (χ0) is 20.1. The minimum Gasteiger partial charge on any atom is -0.356 e. The number of nitrogens with zero attached hydrogens (tertiary/aromatic N) is 4. The Morgan fingerprint density at radius 3 is 2.59 bits per heavy atom. The molecule has 3 aromatic rings. The fraction of sp³-hybridized carbons (Fsp3) is 0.292. The van der Waals surface area contributed by atoms with Gasteiger partial charge in [0.25, 0.3) is 0 Å². The summed E-state index contributed by atoms with van der Waals surface area (Å²) in [7, 11) is 0. The quantitative estimate of drug-likeness (QED) is 0.682. The number of nitriles is 1. The zero-order valence-corrected chi connectivity index (χ0v) is 16.7. The van der Waals surface area contributed by atoms with Crippen LogP contribution in [0.15, 0.2) is 60.7 Å². The maximum atomic E-state index is 9.09. The fourth-order valence-electron chi connectivity index (χ4n) is 3.91. The average molecular weight is 383 g/mol. The van der Waals surface area contributed by atoms with Gasteiger partial charge in [0, 0.05) is 24.8 Å². The molecule has 0 spiro atoms. The van der Waals surface area contributed by atoms with Gasteiger partial charge in [-0.15, -0.1) is 0 Å². The van der Waals surface area contributed by atoms with Crippen molar-refractivity contribution < 1.29 is 0 Å². The van der Waals surface area contributed by atoms with E-state index in [-0.39, 0.29) is 0 Å². The minimum absolute atomic E-state index is 0.626. The minimum atomic E-state index is 0.626. The molecule has 0 atom stereocenters. The summed E-state index contributed by atoms with van der Waals surface area (Å²) in [5.74, 6) is 3.19. The summed E-state index contributed by atoms with van der Waals surface area (Å²) >= 11 is 0.